The number of imidazole rings is 1. The van der Waals surface area contributed by atoms with E-state index in [0.717, 1.165) is 76.9 Å². The van der Waals surface area contributed by atoms with Gasteiger partial charge in [-0.15, -0.1) is 0 Å². The fraction of sp³-hybridized carbons (Fsp3) is 0.357. The molecule has 0 saturated carbocycles. The highest BCUT2D eigenvalue weighted by Gasteiger charge is 2.34. The lowest BCUT2D eigenvalue weighted by Gasteiger charge is -2.40. The van der Waals surface area contributed by atoms with Crippen LogP contribution in [0.2, 0.25) is 0 Å². The van der Waals surface area contributed by atoms with Gasteiger partial charge in [0.05, 0.1) is 29.8 Å². The van der Waals surface area contributed by atoms with Crippen molar-refractivity contribution in [3.63, 3.8) is 0 Å². The van der Waals surface area contributed by atoms with Gasteiger partial charge in [0.2, 0.25) is 5.91 Å². The van der Waals surface area contributed by atoms with Gasteiger partial charge in [-0.05, 0) is 65.3 Å². The lowest BCUT2D eigenvalue weighted by molar-refractivity contribution is -0.253. The van der Waals surface area contributed by atoms with E-state index in [-0.39, 0.29) is 49.3 Å². The summed E-state index contributed by atoms with van der Waals surface area (Å²) in [5, 5.41) is 21.3. The number of para-hydroxylation sites is 2. The zero-order valence-electron chi connectivity index (χ0n) is 29.7. The second-order valence-corrected chi connectivity index (χ2v) is 14.0. The summed E-state index contributed by atoms with van der Waals surface area (Å²) in [7, 11) is 0. The van der Waals surface area contributed by atoms with E-state index in [9.17, 15) is 19.5 Å². The first-order valence-electron chi connectivity index (χ1n) is 18.4. The number of aliphatic hydroxyl groups is 1. The second-order valence-electron chi connectivity index (χ2n) is 14.0. The Labute approximate surface area is 308 Å². The molecule has 2 aliphatic heterocycles. The Hall–Kier alpha value is -5.07. The number of carbonyl (C=O) groups is 2. The van der Waals surface area contributed by atoms with Crippen molar-refractivity contribution >= 4 is 22.9 Å². The van der Waals surface area contributed by atoms with Crippen LogP contribution in [0.25, 0.3) is 22.2 Å². The second kappa shape index (κ2) is 16.7. The van der Waals surface area contributed by atoms with Crippen molar-refractivity contribution in [1.82, 2.24) is 19.8 Å². The molecule has 11 nitrogen and oxygen atoms in total. The highest BCUT2D eigenvalue weighted by atomic mass is 16.7. The molecule has 276 valence electrons. The smallest absolute Gasteiger partial charge is 0.326 e. The molecular weight excluding hydrogens is 672 g/mol. The molecule has 2 fully saturated rings. The number of ether oxygens (including phenoxy) is 2. The molecule has 0 spiro atoms. The number of nitrogens with zero attached hydrogens (tertiary/aromatic N) is 2. The molecule has 11 heteroatoms. The Balaban J connectivity index is 1.02. The molecular formula is C42H46N4O7. The van der Waals surface area contributed by atoms with E-state index in [2.05, 4.69) is 27.3 Å². The van der Waals surface area contributed by atoms with Crippen LogP contribution in [0, 0.1) is 0 Å². The standard InChI is InChI=1S/C42H46N4O7/c47-27-28-11-13-31(14-12-28)38-24-35(26-45-21-19-34(20-22-45)46-37-8-2-1-7-36(37)44-42(46)51)52-41(53-38)32-17-15-30(16-18-32)33-6-3-5-29(23-33)25-43-39(48)9-4-10-40(49)50/h1-3,5-8,11-18,23,34-35,38,41,47H,4,9-10,19-22,24-27H2,(H,43,48)(H,44,51)(H,49,50)/t35-,38+,41+/m0/s1. The number of likely N-dealkylation sites (tertiary alicyclic amines) is 1. The van der Waals surface area contributed by atoms with Crippen molar-refractivity contribution in [2.24, 2.45) is 0 Å². The number of aliphatic carboxylic acids is 1. The number of aliphatic hydroxyl groups excluding tert-OH is 1. The normalized spacial score (nSPS) is 19.7. The van der Waals surface area contributed by atoms with Crippen molar-refractivity contribution < 1.29 is 29.3 Å². The topological polar surface area (TPSA) is 146 Å². The summed E-state index contributed by atoms with van der Waals surface area (Å²) >= 11 is 0. The number of piperidine rings is 1. The van der Waals surface area contributed by atoms with Gasteiger partial charge in [0.15, 0.2) is 6.29 Å². The number of nitrogens with one attached hydrogen (secondary N) is 2. The number of hydrogen-bond donors (Lipinski definition) is 4. The summed E-state index contributed by atoms with van der Waals surface area (Å²) < 4.78 is 15.2. The van der Waals surface area contributed by atoms with E-state index in [4.69, 9.17) is 14.6 Å². The maximum atomic E-state index is 12.8. The van der Waals surface area contributed by atoms with Crippen molar-refractivity contribution in [2.45, 2.75) is 76.2 Å². The summed E-state index contributed by atoms with van der Waals surface area (Å²) in [5.41, 5.74) is 7.56. The molecule has 3 heterocycles. The number of carboxylic acids is 1. The number of fused-ring (bicyclic) bond motifs is 1. The van der Waals surface area contributed by atoms with Crippen molar-refractivity contribution in [3.8, 4) is 11.1 Å². The van der Waals surface area contributed by atoms with E-state index in [1.165, 1.54) is 0 Å². The van der Waals surface area contributed by atoms with Gasteiger partial charge in [-0.3, -0.25) is 14.2 Å². The monoisotopic (exact) mass is 718 g/mol. The Bertz CT molecular complexity index is 2070. The van der Waals surface area contributed by atoms with Gasteiger partial charge in [0, 0.05) is 57.0 Å². The van der Waals surface area contributed by atoms with Crippen LogP contribution in [0.4, 0.5) is 0 Å². The van der Waals surface area contributed by atoms with Gasteiger partial charge in [0.1, 0.15) is 0 Å². The molecule has 1 aromatic heterocycles. The molecule has 3 atom stereocenters. The van der Waals surface area contributed by atoms with Gasteiger partial charge in [-0.1, -0.05) is 78.9 Å². The van der Waals surface area contributed by atoms with E-state index in [1.54, 1.807) is 0 Å². The third-order valence-electron chi connectivity index (χ3n) is 10.4. The van der Waals surface area contributed by atoms with Gasteiger partial charge in [-0.2, -0.15) is 0 Å². The highest BCUT2D eigenvalue weighted by molar-refractivity contribution is 5.77. The quantitative estimate of drug-likeness (QED) is 0.112. The number of aromatic amines is 1. The van der Waals surface area contributed by atoms with Crippen molar-refractivity contribution in [3.05, 3.63) is 130 Å². The van der Waals surface area contributed by atoms with Crippen molar-refractivity contribution in [1.29, 1.82) is 0 Å². The predicted molar refractivity (Wildman–Crippen MR) is 201 cm³/mol. The number of carboxylic acid groups (broad SMARTS) is 1. The summed E-state index contributed by atoms with van der Waals surface area (Å²) in [6.45, 7) is 2.82. The van der Waals surface area contributed by atoms with E-state index >= 15 is 0 Å². The Kier molecular flexibility index (Phi) is 11.5. The molecule has 2 saturated heterocycles. The van der Waals surface area contributed by atoms with E-state index in [0.29, 0.717) is 19.4 Å². The van der Waals surface area contributed by atoms with Crippen molar-refractivity contribution in [2.75, 3.05) is 19.6 Å². The lowest BCUT2D eigenvalue weighted by Crippen LogP contribution is -2.43. The first kappa shape index (κ1) is 36.3. The zero-order valence-corrected chi connectivity index (χ0v) is 29.7. The maximum Gasteiger partial charge on any atom is 0.326 e. The maximum absolute atomic E-state index is 12.8. The number of benzene rings is 4. The van der Waals surface area contributed by atoms with Crippen LogP contribution in [0.1, 0.15) is 79.2 Å². The number of H-pyrrole nitrogens is 1. The number of amides is 1. The number of rotatable bonds is 13. The summed E-state index contributed by atoms with van der Waals surface area (Å²) in [4.78, 5) is 41.2. The number of hydrogen-bond acceptors (Lipinski definition) is 7. The van der Waals surface area contributed by atoms with E-state index in [1.807, 2.05) is 89.5 Å². The van der Waals surface area contributed by atoms with Gasteiger partial charge >= 0.3 is 11.7 Å². The van der Waals surface area contributed by atoms with Crippen LogP contribution in [0.15, 0.2) is 102 Å². The minimum atomic E-state index is -0.902. The molecule has 2 aliphatic rings. The Morgan fingerprint density at radius 3 is 2.34 bits per heavy atom. The predicted octanol–water partition coefficient (Wildman–Crippen LogP) is 6.24. The minimum Gasteiger partial charge on any atom is -0.481 e. The van der Waals surface area contributed by atoms with Crippen LogP contribution in [-0.2, 0) is 32.2 Å². The molecule has 0 radical (unpaired) electrons. The molecule has 0 aliphatic carbocycles. The summed E-state index contributed by atoms with van der Waals surface area (Å²) in [6.07, 6.45) is 2.07. The average molecular weight is 719 g/mol. The summed E-state index contributed by atoms with van der Waals surface area (Å²) in [5.74, 6) is -1.07. The lowest BCUT2D eigenvalue weighted by atomic mass is 9.98. The number of aromatic nitrogens is 2. The highest BCUT2D eigenvalue weighted by Crippen LogP contribution is 2.39. The third kappa shape index (κ3) is 8.94. The summed E-state index contributed by atoms with van der Waals surface area (Å²) in [6, 6.07) is 32.1. The zero-order chi connectivity index (χ0) is 36.7. The molecule has 0 unspecified atom stereocenters. The van der Waals surface area contributed by atoms with Gasteiger partial charge in [0.25, 0.3) is 0 Å². The molecule has 4 N–H and O–H groups in total. The Morgan fingerprint density at radius 2 is 1.58 bits per heavy atom. The first-order valence-corrected chi connectivity index (χ1v) is 18.4. The van der Waals surface area contributed by atoms with Gasteiger partial charge < -0.3 is 34.9 Å². The molecule has 53 heavy (non-hydrogen) atoms. The fourth-order valence-electron chi connectivity index (χ4n) is 7.50. The first-order chi connectivity index (χ1) is 25.8. The average Bonchev–Trinajstić information content (AvgIpc) is 3.53. The van der Waals surface area contributed by atoms with Crippen LogP contribution >= 0.6 is 0 Å². The minimum absolute atomic E-state index is 0.0146. The van der Waals surface area contributed by atoms with Crippen LogP contribution in [0.5, 0.6) is 0 Å². The molecule has 1 amide bonds. The third-order valence-corrected chi connectivity index (χ3v) is 10.4. The largest absolute Gasteiger partial charge is 0.481 e. The van der Waals surface area contributed by atoms with Crippen LogP contribution in [-0.4, -0.2) is 62.3 Å². The molecule has 0 bridgehead atoms. The fourth-order valence-corrected chi connectivity index (χ4v) is 7.50. The molecule has 4 aromatic carbocycles. The molecule has 7 rings (SSSR count). The van der Waals surface area contributed by atoms with Crippen LogP contribution < -0.4 is 11.0 Å². The SMILES string of the molecule is O=C(O)CCCC(=O)NCc1cccc(-c2ccc([C@@H]3O[C@H](CN4CCC(n5c(=O)[nH]c6ccccc65)CC4)C[C@H](c4ccc(CO)cc4)O3)cc2)c1. The Morgan fingerprint density at radius 1 is 0.830 bits per heavy atom. The van der Waals surface area contributed by atoms with Gasteiger partial charge in [-0.25, -0.2) is 4.79 Å². The number of carbonyl (C=O) groups excluding carboxylic acids is 1. The molecule has 5 aromatic rings. The van der Waals surface area contributed by atoms with E-state index < -0.39 is 12.3 Å². The van der Waals surface area contributed by atoms with Crippen LogP contribution in [0.3, 0.4) is 0 Å².